The number of carbonyl (C=O) groups is 1. The number of amides is 1. The number of hydrogen-bond donors (Lipinski definition) is 3. The summed E-state index contributed by atoms with van der Waals surface area (Å²) in [6.45, 7) is 4.17. The predicted molar refractivity (Wildman–Crippen MR) is 225 cm³/mol. The first-order valence-electron chi connectivity index (χ1n) is 21.7. The number of nitrogens with one attached hydrogen (secondary N) is 1. The van der Waals surface area contributed by atoms with Crippen molar-refractivity contribution in [2.45, 2.75) is 212 Å². The van der Waals surface area contributed by atoms with Crippen LogP contribution in [0.1, 0.15) is 200 Å². The van der Waals surface area contributed by atoms with Crippen LogP contribution in [-0.4, -0.2) is 34.9 Å². The van der Waals surface area contributed by atoms with Gasteiger partial charge in [0.1, 0.15) is 0 Å². The zero-order valence-corrected chi connectivity index (χ0v) is 33.6. The third kappa shape index (κ3) is 38.9. The Kier molecular flexibility index (Phi) is 40.4. The first-order chi connectivity index (χ1) is 25.2. The smallest absolute Gasteiger partial charge is 0.220 e. The molecule has 2 unspecified atom stereocenters. The second kappa shape index (κ2) is 42.2. The van der Waals surface area contributed by atoms with E-state index in [4.69, 9.17) is 0 Å². The summed E-state index contributed by atoms with van der Waals surface area (Å²) < 4.78 is 0. The van der Waals surface area contributed by atoms with Gasteiger partial charge in [0.25, 0.3) is 0 Å². The number of rotatable bonds is 38. The Bertz CT molecular complexity index is 899. The summed E-state index contributed by atoms with van der Waals surface area (Å²) in [5, 5.41) is 23.0. The number of allylic oxidation sites excluding steroid dienone is 11. The van der Waals surface area contributed by atoms with Gasteiger partial charge in [-0.2, -0.15) is 0 Å². The highest BCUT2D eigenvalue weighted by Gasteiger charge is 2.17. The number of aliphatic hydroxyl groups is 2. The monoisotopic (exact) mass is 710 g/mol. The molecule has 294 valence electrons. The van der Waals surface area contributed by atoms with Crippen LogP contribution in [0.5, 0.6) is 0 Å². The first kappa shape index (κ1) is 48.8. The molecular weight excluding hydrogens is 627 g/mol. The highest BCUT2D eigenvalue weighted by molar-refractivity contribution is 5.76. The van der Waals surface area contributed by atoms with Crippen molar-refractivity contribution in [3.63, 3.8) is 0 Å². The lowest BCUT2D eigenvalue weighted by Crippen LogP contribution is -2.45. The quantitative estimate of drug-likeness (QED) is 0.0441. The molecule has 0 aliphatic heterocycles. The number of hydrogen-bond acceptors (Lipinski definition) is 3. The van der Waals surface area contributed by atoms with Crippen molar-refractivity contribution >= 4 is 5.91 Å². The molecule has 0 aliphatic rings. The topological polar surface area (TPSA) is 69.6 Å². The van der Waals surface area contributed by atoms with Crippen LogP contribution in [0.3, 0.4) is 0 Å². The molecule has 0 heterocycles. The van der Waals surface area contributed by atoms with Crippen molar-refractivity contribution < 1.29 is 15.0 Å². The Morgan fingerprint density at radius 2 is 0.882 bits per heavy atom. The van der Waals surface area contributed by atoms with Crippen LogP contribution in [0.4, 0.5) is 0 Å². The normalized spacial score (nSPS) is 13.7. The molecule has 0 aliphatic carbocycles. The summed E-state index contributed by atoms with van der Waals surface area (Å²) in [5.74, 6) is -0.0818. The Hall–Kier alpha value is -2.17. The van der Waals surface area contributed by atoms with Gasteiger partial charge >= 0.3 is 0 Å². The Labute approximate surface area is 317 Å². The van der Waals surface area contributed by atoms with Crippen LogP contribution < -0.4 is 5.32 Å². The van der Waals surface area contributed by atoms with Gasteiger partial charge in [-0.1, -0.05) is 196 Å². The molecule has 0 fully saturated rings. The molecule has 0 radical (unpaired) electrons. The number of carbonyl (C=O) groups excluding carboxylic acids is 1. The molecule has 0 bridgehead atoms. The zero-order valence-electron chi connectivity index (χ0n) is 33.6. The maximum Gasteiger partial charge on any atom is 0.220 e. The Balaban J connectivity index is 3.64. The van der Waals surface area contributed by atoms with Gasteiger partial charge in [0.15, 0.2) is 0 Å². The van der Waals surface area contributed by atoms with Gasteiger partial charge in [-0.25, -0.2) is 0 Å². The molecule has 1 amide bonds. The van der Waals surface area contributed by atoms with E-state index in [1.165, 1.54) is 122 Å². The average Bonchev–Trinajstić information content (AvgIpc) is 3.13. The largest absolute Gasteiger partial charge is 0.394 e. The summed E-state index contributed by atoms with van der Waals surface area (Å²) >= 11 is 0. The van der Waals surface area contributed by atoms with E-state index >= 15 is 0 Å². The Morgan fingerprint density at radius 1 is 0.490 bits per heavy atom. The van der Waals surface area contributed by atoms with Gasteiger partial charge in [-0.3, -0.25) is 4.79 Å². The fourth-order valence-electron chi connectivity index (χ4n) is 6.13. The average molecular weight is 710 g/mol. The van der Waals surface area contributed by atoms with Gasteiger partial charge < -0.3 is 15.5 Å². The van der Waals surface area contributed by atoms with E-state index in [0.29, 0.717) is 6.42 Å². The van der Waals surface area contributed by atoms with Crippen molar-refractivity contribution in [1.29, 1.82) is 0 Å². The van der Waals surface area contributed by atoms with Gasteiger partial charge in [0.2, 0.25) is 5.91 Å². The summed E-state index contributed by atoms with van der Waals surface area (Å²) in [4.78, 5) is 12.4. The molecule has 0 aromatic heterocycles. The van der Waals surface area contributed by atoms with Crippen LogP contribution in [-0.2, 0) is 4.79 Å². The fraction of sp³-hybridized carbons (Fsp3) is 0.723. The summed E-state index contributed by atoms with van der Waals surface area (Å²) in [6.07, 6.45) is 60.0. The lowest BCUT2D eigenvalue weighted by atomic mass is 10.0. The van der Waals surface area contributed by atoms with E-state index in [2.05, 4.69) is 79.9 Å². The number of unbranched alkanes of at least 4 members (excludes halogenated alkanes) is 21. The van der Waals surface area contributed by atoms with Crippen molar-refractivity contribution in [3.8, 4) is 0 Å². The minimum atomic E-state index is -0.866. The molecule has 0 spiro atoms. The van der Waals surface area contributed by atoms with Crippen molar-refractivity contribution in [1.82, 2.24) is 5.32 Å². The first-order valence-corrected chi connectivity index (χ1v) is 21.7. The second-order valence-corrected chi connectivity index (χ2v) is 14.4. The minimum absolute atomic E-state index is 0.0818. The third-order valence-corrected chi connectivity index (χ3v) is 9.42. The van der Waals surface area contributed by atoms with Crippen LogP contribution in [0.25, 0.3) is 0 Å². The third-order valence-electron chi connectivity index (χ3n) is 9.42. The van der Waals surface area contributed by atoms with E-state index < -0.39 is 12.1 Å². The van der Waals surface area contributed by atoms with Crippen molar-refractivity contribution in [2.75, 3.05) is 6.61 Å². The zero-order chi connectivity index (χ0) is 37.1. The molecule has 51 heavy (non-hydrogen) atoms. The van der Waals surface area contributed by atoms with E-state index in [9.17, 15) is 15.0 Å². The molecule has 0 rings (SSSR count). The lowest BCUT2D eigenvalue weighted by Gasteiger charge is -2.19. The molecule has 4 heteroatoms. The SMILES string of the molecule is CC/C=C\C/C=C\C/C=C\C/C=C\CCCCCCCCCCCCC(=O)NC(CO)C(O)/C=C/CC/C=C/CCCCCCCCCCCC. The molecule has 0 aromatic rings. The molecule has 0 saturated carbocycles. The van der Waals surface area contributed by atoms with E-state index in [1.807, 2.05) is 6.08 Å². The van der Waals surface area contributed by atoms with Crippen LogP contribution in [0.15, 0.2) is 72.9 Å². The lowest BCUT2D eigenvalue weighted by molar-refractivity contribution is -0.123. The van der Waals surface area contributed by atoms with Crippen molar-refractivity contribution in [3.05, 3.63) is 72.9 Å². The predicted octanol–water partition coefficient (Wildman–Crippen LogP) is 13.5. The minimum Gasteiger partial charge on any atom is -0.394 e. The summed E-state index contributed by atoms with van der Waals surface area (Å²) in [7, 11) is 0. The molecular formula is C47H83NO3. The molecule has 0 saturated heterocycles. The van der Waals surface area contributed by atoms with Crippen LogP contribution in [0, 0.1) is 0 Å². The summed E-state index contributed by atoms with van der Waals surface area (Å²) in [5.41, 5.74) is 0. The Morgan fingerprint density at radius 3 is 1.37 bits per heavy atom. The maximum absolute atomic E-state index is 12.4. The summed E-state index contributed by atoms with van der Waals surface area (Å²) in [6, 6.07) is -0.644. The molecule has 4 nitrogen and oxygen atoms in total. The van der Waals surface area contributed by atoms with Gasteiger partial charge in [-0.05, 0) is 70.6 Å². The van der Waals surface area contributed by atoms with Crippen LogP contribution in [0.2, 0.25) is 0 Å². The molecule has 2 atom stereocenters. The highest BCUT2D eigenvalue weighted by Crippen LogP contribution is 2.14. The van der Waals surface area contributed by atoms with Gasteiger partial charge in [-0.15, -0.1) is 0 Å². The van der Waals surface area contributed by atoms with Crippen LogP contribution >= 0.6 is 0 Å². The highest BCUT2D eigenvalue weighted by atomic mass is 16.3. The number of aliphatic hydroxyl groups excluding tert-OH is 2. The van der Waals surface area contributed by atoms with Gasteiger partial charge in [0, 0.05) is 6.42 Å². The van der Waals surface area contributed by atoms with E-state index in [1.54, 1.807) is 6.08 Å². The standard InChI is InChI=1S/C47H83NO3/c1-3-5-7-9-11-13-15-17-19-21-22-23-24-25-26-27-29-31-33-35-37-39-41-43-47(51)48-45(44-49)46(50)42-40-38-36-34-32-30-28-20-18-16-14-12-10-8-6-4-2/h5,7,11,13,17,19,22-23,32,34,40,42,45-46,49-50H,3-4,6,8-10,12,14-16,18,20-21,24-31,33,35-39,41,43-44H2,1-2H3,(H,48,51)/b7-5-,13-11-,19-17-,23-22-,34-32+,42-40+. The van der Waals surface area contributed by atoms with E-state index in [0.717, 1.165) is 57.8 Å². The van der Waals surface area contributed by atoms with Gasteiger partial charge in [0.05, 0.1) is 18.8 Å². The van der Waals surface area contributed by atoms with Crippen molar-refractivity contribution in [2.24, 2.45) is 0 Å². The maximum atomic E-state index is 12.4. The second-order valence-electron chi connectivity index (χ2n) is 14.4. The van der Waals surface area contributed by atoms with E-state index in [-0.39, 0.29) is 12.5 Å². The molecule has 0 aromatic carbocycles. The molecule has 3 N–H and O–H groups in total. The fourth-order valence-corrected chi connectivity index (χ4v) is 6.13.